The van der Waals surface area contributed by atoms with Gasteiger partial charge in [-0.25, -0.2) is 0 Å². The summed E-state index contributed by atoms with van der Waals surface area (Å²) in [6.45, 7) is 1.90. The van der Waals surface area contributed by atoms with Crippen molar-refractivity contribution in [3.63, 3.8) is 0 Å². The molecular weight excluding hydrogens is 250 g/mol. The van der Waals surface area contributed by atoms with Gasteiger partial charge in [0.25, 0.3) is 5.91 Å². The average Bonchev–Trinajstić information content (AvgIpc) is 3.31. The Morgan fingerprint density at radius 1 is 1.25 bits per heavy atom. The van der Waals surface area contributed by atoms with E-state index in [1.807, 2.05) is 49.4 Å². The summed E-state index contributed by atoms with van der Waals surface area (Å²) in [7, 11) is 0. The molecule has 1 aliphatic carbocycles. The summed E-state index contributed by atoms with van der Waals surface area (Å²) >= 11 is 0. The molecule has 3 rings (SSSR count). The summed E-state index contributed by atoms with van der Waals surface area (Å²) < 4.78 is 0. The van der Waals surface area contributed by atoms with Crippen LogP contribution in [0, 0.1) is 5.92 Å². The fourth-order valence-electron chi connectivity index (χ4n) is 2.65. The summed E-state index contributed by atoms with van der Waals surface area (Å²) in [4.78, 5) is 12.4. The van der Waals surface area contributed by atoms with Crippen molar-refractivity contribution in [2.45, 2.75) is 25.3 Å². The van der Waals surface area contributed by atoms with Gasteiger partial charge in [0.15, 0.2) is 0 Å². The Hall–Kier alpha value is -1.87. The van der Waals surface area contributed by atoms with E-state index in [0.717, 1.165) is 23.6 Å². The molecule has 0 aliphatic heterocycles. The lowest BCUT2D eigenvalue weighted by Crippen LogP contribution is -2.50. The number of rotatable bonds is 4. The number of carbonyl (C=O) groups excluding carboxylic acids is 1. The first-order valence-corrected chi connectivity index (χ1v) is 7.04. The van der Waals surface area contributed by atoms with E-state index in [2.05, 4.69) is 5.32 Å². The van der Waals surface area contributed by atoms with Crippen LogP contribution >= 0.6 is 0 Å². The monoisotopic (exact) mass is 269 g/mol. The number of amides is 1. The molecule has 0 radical (unpaired) electrons. The molecule has 2 aromatic rings. The molecule has 3 heteroatoms. The largest absolute Gasteiger partial charge is 0.394 e. The van der Waals surface area contributed by atoms with Crippen LogP contribution in [0.15, 0.2) is 42.5 Å². The van der Waals surface area contributed by atoms with Gasteiger partial charge in [0, 0.05) is 5.56 Å². The zero-order valence-corrected chi connectivity index (χ0v) is 11.6. The van der Waals surface area contributed by atoms with Crippen molar-refractivity contribution < 1.29 is 9.90 Å². The van der Waals surface area contributed by atoms with Crippen molar-refractivity contribution in [3.05, 3.63) is 48.0 Å². The number of benzene rings is 2. The van der Waals surface area contributed by atoms with E-state index in [-0.39, 0.29) is 12.5 Å². The molecule has 104 valence electrons. The normalized spacial score (nSPS) is 17.7. The van der Waals surface area contributed by atoms with Gasteiger partial charge < -0.3 is 10.4 Å². The molecule has 2 aromatic carbocycles. The highest BCUT2D eigenvalue weighted by Gasteiger charge is 2.42. The van der Waals surface area contributed by atoms with Crippen LogP contribution in [0.4, 0.5) is 0 Å². The SMILES string of the molecule is CC(CO)(NC(=O)c1ccc2ccccc2c1)C1CC1. The van der Waals surface area contributed by atoms with E-state index in [4.69, 9.17) is 0 Å². The van der Waals surface area contributed by atoms with Crippen molar-refractivity contribution in [1.82, 2.24) is 5.32 Å². The molecule has 1 saturated carbocycles. The molecule has 3 nitrogen and oxygen atoms in total. The molecule has 1 fully saturated rings. The van der Waals surface area contributed by atoms with Crippen LogP contribution in [-0.4, -0.2) is 23.2 Å². The first-order valence-electron chi connectivity index (χ1n) is 7.04. The molecule has 0 heterocycles. The molecule has 1 amide bonds. The molecule has 0 saturated heterocycles. The Balaban J connectivity index is 1.84. The minimum absolute atomic E-state index is 0.0169. The lowest BCUT2D eigenvalue weighted by molar-refractivity contribution is 0.0824. The van der Waals surface area contributed by atoms with Crippen LogP contribution < -0.4 is 5.32 Å². The predicted molar refractivity (Wildman–Crippen MR) is 79.6 cm³/mol. The number of carbonyl (C=O) groups is 1. The summed E-state index contributed by atoms with van der Waals surface area (Å²) in [6.07, 6.45) is 2.16. The number of nitrogens with one attached hydrogen (secondary N) is 1. The second kappa shape index (κ2) is 4.91. The Labute approximate surface area is 118 Å². The first-order chi connectivity index (χ1) is 9.62. The second-order valence-corrected chi connectivity index (χ2v) is 5.87. The first kappa shape index (κ1) is 13.1. The molecule has 1 aliphatic rings. The third kappa shape index (κ3) is 2.41. The van der Waals surface area contributed by atoms with Gasteiger partial charge in [0.05, 0.1) is 12.1 Å². The second-order valence-electron chi connectivity index (χ2n) is 5.87. The highest BCUT2D eigenvalue weighted by molar-refractivity contribution is 5.98. The molecule has 1 atom stereocenters. The van der Waals surface area contributed by atoms with Gasteiger partial charge in [-0.05, 0) is 48.6 Å². The Bertz CT molecular complexity index is 648. The summed E-state index contributed by atoms with van der Waals surface area (Å²) in [5.74, 6) is 0.288. The number of hydrogen-bond acceptors (Lipinski definition) is 2. The number of aliphatic hydroxyl groups excluding tert-OH is 1. The number of fused-ring (bicyclic) bond motifs is 1. The maximum Gasteiger partial charge on any atom is 0.251 e. The summed E-state index contributed by atoms with van der Waals surface area (Å²) in [6, 6.07) is 13.7. The Kier molecular flexibility index (Phi) is 3.22. The van der Waals surface area contributed by atoms with Crippen LogP contribution in [0.5, 0.6) is 0 Å². The Morgan fingerprint density at radius 3 is 2.60 bits per heavy atom. The van der Waals surface area contributed by atoms with Crippen molar-refractivity contribution in [3.8, 4) is 0 Å². The number of hydrogen-bond donors (Lipinski definition) is 2. The van der Waals surface area contributed by atoms with Crippen molar-refractivity contribution in [2.24, 2.45) is 5.92 Å². The molecule has 1 unspecified atom stereocenters. The topological polar surface area (TPSA) is 49.3 Å². The van der Waals surface area contributed by atoms with Gasteiger partial charge in [0.2, 0.25) is 0 Å². The van der Waals surface area contributed by atoms with Crippen molar-refractivity contribution >= 4 is 16.7 Å². The molecule has 0 spiro atoms. The van der Waals surface area contributed by atoms with Gasteiger partial charge in [0.1, 0.15) is 0 Å². The zero-order valence-electron chi connectivity index (χ0n) is 11.6. The maximum atomic E-state index is 12.4. The van der Waals surface area contributed by atoms with E-state index < -0.39 is 5.54 Å². The lowest BCUT2D eigenvalue weighted by atomic mass is 9.96. The van der Waals surface area contributed by atoms with Crippen molar-refractivity contribution in [2.75, 3.05) is 6.61 Å². The smallest absolute Gasteiger partial charge is 0.251 e. The van der Waals surface area contributed by atoms with Crippen LogP contribution in [0.2, 0.25) is 0 Å². The van der Waals surface area contributed by atoms with Crippen LogP contribution in [0.3, 0.4) is 0 Å². The van der Waals surface area contributed by atoms with Crippen LogP contribution in [0.25, 0.3) is 10.8 Å². The fourth-order valence-corrected chi connectivity index (χ4v) is 2.65. The predicted octanol–water partition coefficient (Wildman–Crippen LogP) is 2.73. The van der Waals surface area contributed by atoms with Gasteiger partial charge >= 0.3 is 0 Å². The quantitative estimate of drug-likeness (QED) is 0.896. The molecule has 0 bridgehead atoms. The van der Waals surface area contributed by atoms with E-state index >= 15 is 0 Å². The van der Waals surface area contributed by atoms with E-state index in [9.17, 15) is 9.90 Å². The molecule has 20 heavy (non-hydrogen) atoms. The third-order valence-corrected chi connectivity index (χ3v) is 4.22. The highest BCUT2D eigenvalue weighted by atomic mass is 16.3. The van der Waals surface area contributed by atoms with Crippen molar-refractivity contribution in [1.29, 1.82) is 0 Å². The molecule has 0 aromatic heterocycles. The van der Waals surface area contributed by atoms with E-state index in [0.29, 0.717) is 11.5 Å². The minimum atomic E-state index is -0.497. The van der Waals surface area contributed by atoms with Crippen LogP contribution in [0.1, 0.15) is 30.1 Å². The van der Waals surface area contributed by atoms with Gasteiger partial charge in [-0.3, -0.25) is 4.79 Å². The zero-order chi connectivity index (χ0) is 14.2. The summed E-state index contributed by atoms with van der Waals surface area (Å²) in [5, 5.41) is 14.7. The Morgan fingerprint density at radius 2 is 1.95 bits per heavy atom. The fraction of sp³-hybridized carbons (Fsp3) is 0.353. The highest BCUT2D eigenvalue weighted by Crippen LogP contribution is 2.39. The molecule has 2 N–H and O–H groups in total. The van der Waals surface area contributed by atoms with Gasteiger partial charge in [-0.15, -0.1) is 0 Å². The van der Waals surface area contributed by atoms with E-state index in [1.54, 1.807) is 0 Å². The lowest BCUT2D eigenvalue weighted by Gasteiger charge is -2.28. The van der Waals surface area contributed by atoms with Gasteiger partial charge in [-0.2, -0.15) is 0 Å². The van der Waals surface area contributed by atoms with Gasteiger partial charge in [-0.1, -0.05) is 30.3 Å². The standard InChI is InChI=1S/C17H19NO2/c1-17(11-19,15-8-9-15)18-16(20)14-7-6-12-4-2-3-5-13(12)10-14/h2-7,10,15,19H,8-9,11H2,1H3,(H,18,20). The third-order valence-electron chi connectivity index (χ3n) is 4.22. The van der Waals surface area contributed by atoms with Crippen LogP contribution in [-0.2, 0) is 0 Å². The minimum Gasteiger partial charge on any atom is -0.394 e. The van der Waals surface area contributed by atoms with E-state index in [1.165, 1.54) is 0 Å². The number of aliphatic hydroxyl groups is 1. The summed E-state index contributed by atoms with van der Waals surface area (Å²) in [5.41, 5.74) is 0.145. The molecular formula is C17H19NO2. The average molecular weight is 269 g/mol. The maximum absolute atomic E-state index is 12.4.